The minimum atomic E-state index is -0.321. The number of halogens is 2. The normalized spacial score (nSPS) is 24.7. The van der Waals surface area contributed by atoms with E-state index in [-0.39, 0.29) is 10.6 Å². The van der Waals surface area contributed by atoms with Crippen molar-refractivity contribution < 1.29 is 0 Å². The lowest BCUT2D eigenvalue weighted by atomic mass is 9.85. The largest absolute Gasteiger partial charge is 0.368 e. The van der Waals surface area contributed by atoms with Gasteiger partial charge in [-0.05, 0) is 18.8 Å². The summed E-state index contributed by atoms with van der Waals surface area (Å²) in [6, 6.07) is 0. The smallest absolute Gasteiger partial charge is 0.271 e. The highest BCUT2D eigenvalue weighted by atomic mass is 35.5. The maximum absolute atomic E-state index is 11.1. The molecule has 2 rings (SSSR count). The van der Waals surface area contributed by atoms with Crippen molar-refractivity contribution in [3.63, 3.8) is 0 Å². The van der Waals surface area contributed by atoms with Crippen LogP contribution in [-0.2, 0) is 0 Å². The molecule has 1 aliphatic rings. The third kappa shape index (κ3) is 2.44. The van der Waals surface area contributed by atoms with E-state index >= 15 is 0 Å². The molecule has 1 saturated carbocycles. The van der Waals surface area contributed by atoms with Crippen molar-refractivity contribution in [3.05, 3.63) is 21.7 Å². The number of nitrogens with zero attached hydrogens (tertiary/aromatic N) is 1. The molecule has 0 radical (unpaired) electrons. The van der Waals surface area contributed by atoms with Crippen LogP contribution in [0.3, 0.4) is 0 Å². The molecule has 1 aromatic rings. The average Bonchev–Trinajstić information content (AvgIpc) is 2.17. The Kier molecular flexibility index (Phi) is 3.17. The summed E-state index contributed by atoms with van der Waals surface area (Å²) in [4.78, 5) is 17.5. The summed E-state index contributed by atoms with van der Waals surface area (Å²) in [6.07, 6.45) is 3.35. The first kappa shape index (κ1) is 10.8. The zero-order chi connectivity index (χ0) is 10.8. The fourth-order valence-electron chi connectivity index (χ4n) is 1.57. The van der Waals surface area contributed by atoms with Crippen molar-refractivity contribution in [3.8, 4) is 0 Å². The summed E-state index contributed by atoms with van der Waals surface area (Å²) < 4.78 is 0. The van der Waals surface area contributed by atoms with Crippen molar-refractivity contribution in [2.24, 2.45) is 5.92 Å². The fraction of sp³-hybridized carbons (Fsp3) is 0.556. The van der Waals surface area contributed by atoms with Gasteiger partial charge in [0.25, 0.3) is 5.56 Å². The molecule has 82 valence electrons. The monoisotopic (exact) mass is 247 g/mol. The van der Waals surface area contributed by atoms with Gasteiger partial charge < -0.3 is 10.3 Å². The van der Waals surface area contributed by atoms with Crippen LogP contribution in [0.5, 0.6) is 0 Å². The van der Waals surface area contributed by atoms with Crippen molar-refractivity contribution in [1.29, 1.82) is 0 Å². The molecule has 0 saturated heterocycles. The van der Waals surface area contributed by atoms with Crippen LogP contribution in [0.15, 0.2) is 11.1 Å². The third-order valence-corrected chi connectivity index (χ3v) is 3.24. The van der Waals surface area contributed by atoms with E-state index in [9.17, 15) is 4.79 Å². The molecule has 2 N–H and O–H groups in total. The van der Waals surface area contributed by atoms with Gasteiger partial charge >= 0.3 is 0 Å². The van der Waals surface area contributed by atoms with Gasteiger partial charge in [-0.2, -0.15) is 0 Å². The summed E-state index contributed by atoms with van der Waals surface area (Å²) in [6.45, 7) is 0.763. The molecule has 1 aromatic heterocycles. The highest BCUT2D eigenvalue weighted by Crippen LogP contribution is 2.31. The molecule has 1 fully saturated rings. The first-order chi connectivity index (χ1) is 7.16. The molecule has 0 amide bonds. The molecule has 0 aromatic carbocycles. The number of anilines is 1. The van der Waals surface area contributed by atoms with E-state index in [0.29, 0.717) is 17.1 Å². The molecule has 0 aliphatic heterocycles. The SMILES string of the molecule is O=c1[nH]cnc(NCC2CC(Cl)C2)c1Cl. The Morgan fingerprint density at radius 1 is 1.60 bits per heavy atom. The minimum absolute atomic E-state index is 0.110. The molecule has 0 bridgehead atoms. The van der Waals surface area contributed by atoms with E-state index < -0.39 is 0 Å². The molecule has 6 heteroatoms. The summed E-state index contributed by atoms with van der Waals surface area (Å²) in [5.74, 6) is 1.00. The van der Waals surface area contributed by atoms with Crippen molar-refractivity contribution in [2.45, 2.75) is 18.2 Å². The van der Waals surface area contributed by atoms with Crippen LogP contribution in [0.1, 0.15) is 12.8 Å². The van der Waals surface area contributed by atoms with Crippen LogP contribution >= 0.6 is 23.2 Å². The van der Waals surface area contributed by atoms with Crippen LogP contribution < -0.4 is 10.9 Å². The summed E-state index contributed by atoms with van der Waals surface area (Å²) in [7, 11) is 0. The Labute approximate surface area is 97.0 Å². The molecule has 15 heavy (non-hydrogen) atoms. The standard InChI is InChI=1S/C9H11Cl2N3O/c10-6-1-5(2-6)3-12-8-7(11)9(15)14-4-13-8/h4-6H,1-3H2,(H2,12,13,14,15). The zero-order valence-electron chi connectivity index (χ0n) is 7.96. The number of nitrogens with one attached hydrogen (secondary N) is 2. The van der Waals surface area contributed by atoms with E-state index in [0.717, 1.165) is 19.4 Å². The molecule has 4 nitrogen and oxygen atoms in total. The second-order valence-electron chi connectivity index (χ2n) is 3.71. The summed E-state index contributed by atoms with van der Waals surface area (Å²) in [5.41, 5.74) is -0.321. The maximum Gasteiger partial charge on any atom is 0.271 e. The number of aromatic amines is 1. The highest BCUT2D eigenvalue weighted by Gasteiger charge is 2.26. The van der Waals surface area contributed by atoms with Gasteiger partial charge in [0.1, 0.15) is 5.02 Å². The predicted octanol–water partition coefficient (Wildman–Crippen LogP) is 1.85. The molecule has 0 atom stereocenters. The highest BCUT2D eigenvalue weighted by molar-refractivity contribution is 6.32. The summed E-state index contributed by atoms with van der Waals surface area (Å²) in [5, 5.41) is 3.47. The second-order valence-corrected chi connectivity index (χ2v) is 4.71. The van der Waals surface area contributed by atoms with Crippen LogP contribution in [0.25, 0.3) is 0 Å². The predicted molar refractivity (Wildman–Crippen MR) is 60.7 cm³/mol. The number of hydrogen-bond donors (Lipinski definition) is 2. The van der Waals surface area contributed by atoms with Crippen molar-refractivity contribution in [1.82, 2.24) is 9.97 Å². The van der Waals surface area contributed by atoms with Gasteiger partial charge in [-0.25, -0.2) is 4.98 Å². The molecule has 0 unspecified atom stereocenters. The Bertz CT molecular complexity index is 401. The fourth-order valence-corrected chi connectivity index (χ4v) is 2.24. The van der Waals surface area contributed by atoms with E-state index in [1.165, 1.54) is 6.33 Å². The van der Waals surface area contributed by atoms with Crippen molar-refractivity contribution in [2.75, 3.05) is 11.9 Å². The number of hydrogen-bond acceptors (Lipinski definition) is 3. The lowest BCUT2D eigenvalue weighted by molar-refractivity contribution is 0.341. The number of rotatable bonds is 3. The van der Waals surface area contributed by atoms with E-state index in [1.807, 2.05) is 0 Å². The van der Waals surface area contributed by atoms with Gasteiger partial charge in [0.2, 0.25) is 0 Å². The first-order valence-electron chi connectivity index (χ1n) is 4.78. The molecule has 1 aliphatic carbocycles. The first-order valence-corrected chi connectivity index (χ1v) is 5.59. The Hall–Kier alpha value is -0.740. The molecule has 0 spiro atoms. The van der Waals surface area contributed by atoms with E-state index in [4.69, 9.17) is 23.2 Å². The van der Waals surface area contributed by atoms with E-state index in [1.54, 1.807) is 0 Å². The Balaban J connectivity index is 1.93. The average molecular weight is 248 g/mol. The minimum Gasteiger partial charge on any atom is -0.368 e. The maximum atomic E-state index is 11.1. The molecular formula is C9H11Cl2N3O. The van der Waals surface area contributed by atoms with Gasteiger partial charge in [0.15, 0.2) is 5.82 Å². The number of alkyl halides is 1. The van der Waals surface area contributed by atoms with Gasteiger partial charge in [-0.15, -0.1) is 11.6 Å². The Morgan fingerprint density at radius 2 is 2.33 bits per heavy atom. The third-order valence-electron chi connectivity index (χ3n) is 2.53. The number of H-pyrrole nitrogens is 1. The van der Waals surface area contributed by atoms with Crippen molar-refractivity contribution >= 4 is 29.0 Å². The van der Waals surface area contributed by atoms with E-state index in [2.05, 4.69) is 15.3 Å². The van der Waals surface area contributed by atoms with Crippen LogP contribution in [0.2, 0.25) is 5.02 Å². The Morgan fingerprint density at radius 3 is 3.00 bits per heavy atom. The molecule has 1 heterocycles. The lowest BCUT2D eigenvalue weighted by Crippen LogP contribution is -2.30. The second kappa shape index (κ2) is 4.41. The van der Waals surface area contributed by atoms with Gasteiger partial charge in [-0.3, -0.25) is 4.79 Å². The van der Waals surface area contributed by atoms with Gasteiger partial charge in [0, 0.05) is 11.9 Å². The van der Waals surface area contributed by atoms with Gasteiger partial charge in [0.05, 0.1) is 6.33 Å². The van der Waals surface area contributed by atoms with Crippen LogP contribution in [0, 0.1) is 5.92 Å². The quantitative estimate of drug-likeness (QED) is 0.802. The lowest BCUT2D eigenvalue weighted by Gasteiger charge is -2.31. The van der Waals surface area contributed by atoms with Crippen LogP contribution in [0.4, 0.5) is 5.82 Å². The summed E-state index contributed by atoms with van der Waals surface area (Å²) >= 11 is 11.6. The van der Waals surface area contributed by atoms with Crippen LogP contribution in [-0.4, -0.2) is 21.9 Å². The zero-order valence-corrected chi connectivity index (χ0v) is 9.48. The van der Waals surface area contributed by atoms with Gasteiger partial charge in [-0.1, -0.05) is 11.6 Å². The molecular weight excluding hydrogens is 237 g/mol. The topological polar surface area (TPSA) is 57.8 Å². The number of aromatic nitrogens is 2.